The Morgan fingerprint density at radius 2 is 1.79 bits per heavy atom. The maximum absolute atomic E-state index is 11.6. The Hall–Kier alpha value is -1.10. The van der Waals surface area contributed by atoms with Crippen molar-refractivity contribution in [3.05, 3.63) is 0 Å². The summed E-state index contributed by atoms with van der Waals surface area (Å²) in [6.07, 6.45) is 3.31. The van der Waals surface area contributed by atoms with Gasteiger partial charge in [-0.05, 0) is 31.2 Å². The molecule has 0 spiro atoms. The number of nitrogens with one attached hydrogen (secondary N) is 2. The maximum atomic E-state index is 11.6. The quantitative estimate of drug-likeness (QED) is 0.555. The average molecular weight is 271 g/mol. The second-order valence-electron chi connectivity index (χ2n) is 5.36. The van der Waals surface area contributed by atoms with Crippen LogP contribution in [0.5, 0.6) is 0 Å². The molecule has 0 aliphatic rings. The summed E-state index contributed by atoms with van der Waals surface area (Å²) in [5, 5.41) is 5.41. The minimum Gasteiger partial charge on any atom is -0.354 e. The fourth-order valence-electron chi connectivity index (χ4n) is 1.77. The van der Waals surface area contributed by atoms with E-state index >= 15 is 0 Å². The summed E-state index contributed by atoms with van der Waals surface area (Å²) in [4.78, 5) is 23.0. The van der Waals surface area contributed by atoms with Gasteiger partial charge in [-0.3, -0.25) is 9.59 Å². The zero-order valence-corrected chi connectivity index (χ0v) is 12.5. The van der Waals surface area contributed by atoms with Crippen LogP contribution in [0.15, 0.2) is 0 Å². The van der Waals surface area contributed by atoms with Crippen molar-refractivity contribution in [3.63, 3.8) is 0 Å². The molecule has 112 valence electrons. The van der Waals surface area contributed by atoms with Crippen LogP contribution in [-0.4, -0.2) is 31.4 Å². The zero-order chi connectivity index (χ0) is 14.7. The molecule has 0 bridgehead atoms. The predicted molar refractivity (Wildman–Crippen MR) is 77.5 cm³/mol. The van der Waals surface area contributed by atoms with Gasteiger partial charge in [0.1, 0.15) is 0 Å². The van der Waals surface area contributed by atoms with Crippen molar-refractivity contribution in [1.29, 1.82) is 0 Å². The second-order valence-corrected chi connectivity index (χ2v) is 5.36. The molecule has 1 unspecified atom stereocenters. The monoisotopic (exact) mass is 271 g/mol. The highest BCUT2D eigenvalue weighted by Crippen LogP contribution is 2.13. The molecule has 0 heterocycles. The molecule has 0 saturated heterocycles. The van der Waals surface area contributed by atoms with Crippen LogP contribution in [0.3, 0.4) is 0 Å². The molecule has 2 amide bonds. The normalized spacial score (nSPS) is 12.3. The zero-order valence-electron chi connectivity index (χ0n) is 12.5. The van der Waals surface area contributed by atoms with Crippen LogP contribution in [0.1, 0.15) is 46.5 Å². The molecule has 4 N–H and O–H groups in total. The van der Waals surface area contributed by atoms with E-state index in [1.165, 1.54) is 0 Å². The number of nitrogens with two attached hydrogens (primary N) is 1. The number of rotatable bonds is 10. The van der Waals surface area contributed by atoms with Gasteiger partial charge in [0.05, 0.1) is 6.54 Å². The maximum Gasteiger partial charge on any atom is 0.239 e. The van der Waals surface area contributed by atoms with Gasteiger partial charge in [0.25, 0.3) is 0 Å². The largest absolute Gasteiger partial charge is 0.354 e. The Bertz CT molecular complexity index is 267. The molecule has 5 heteroatoms. The van der Waals surface area contributed by atoms with Gasteiger partial charge in [0, 0.05) is 13.0 Å². The van der Waals surface area contributed by atoms with E-state index in [1.54, 1.807) is 0 Å². The van der Waals surface area contributed by atoms with E-state index < -0.39 is 0 Å². The van der Waals surface area contributed by atoms with Crippen LogP contribution in [0, 0.1) is 11.8 Å². The van der Waals surface area contributed by atoms with E-state index in [0.717, 1.165) is 19.3 Å². The Balaban J connectivity index is 3.71. The van der Waals surface area contributed by atoms with Crippen LogP contribution in [0.25, 0.3) is 0 Å². The van der Waals surface area contributed by atoms with Crippen LogP contribution in [0.2, 0.25) is 0 Å². The highest BCUT2D eigenvalue weighted by atomic mass is 16.2. The predicted octanol–water partition coefficient (Wildman–Crippen LogP) is 1.03. The van der Waals surface area contributed by atoms with E-state index in [-0.39, 0.29) is 18.4 Å². The summed E-state index contributed by atoms with van der Waals surface area (Å²) < 4.78 is 0. The first-order valence-electron chi connectivity index (χ1n) is 7.23. The van der Waals surface area contributed by atoms with Crippen LogP contribution < -0.4 is 16.4 Å². The fourth-order valence-corrected chi connectivity index (χ4v) is 1.77. The van der Waals surface area contributed by atoms with Gasteiger partial charge >= 0.3 is 0 Å². The Morgan fingerprint density at radius 3 is 2.32 bits per heavy atom. The number of hydrogen-bond donors (Lipinski definition) is 3. The third kappa shape index (κ3) is 10.5. The minimum atomic E-state index is -0.129. The molecule has 0 aromatic rings. The summed E-state index contributed by atoms with van der Waals surface area (Å²) in [6, 6.07) is 0. The standard InChI is InChI=1S/C14H29N3O2/c1-4-12(7-8-15)5-6-13(18)17-10-14(19)16-9-11(2)3/h11-12H,4-10,15H2,1-3H3,(H,16,19)(H,17,18). The number of amides is 2. The van der Waals surface area contributed by atoms with Crippen LogP contribution in [-0.2, 0) is 9.59 Å². The van der Waals surface area contributed by atoms with Crippen molar-refractivity contribution in [2.45, 2.75) is 46.5 Å². The molecule has 0 fully saturated rings. The first-order chi connectivity index (χ1) is 8.99. The van der Waals surface area contributed by atoms with Gasteiger partial charge < -0.3 is 16.4 Å². The van der Waals surface area contributed by atoms with Crippen molar-refractivity contribution in [3.8, 4) is 0 Å². The van der Waals surface area contributed by atoms with E-state index in [4.69, 9.17) is 5.73 Å². The molecule has 0 aromatic heterocycles. The highest BCUT2D eigenvalue weighted by molar-refractivity contribution is 5.84. The number of hydrogen-bond acceptors (Lipinski definition) is 3. The SMILES string of the molecule is CCC(CCN)CCC(=O)NCC(=O)NCC(C)C. The highest BCUT2D eigenvalue weighted by Gasteiger charge is 2.10. The molecule has 0 aliphatic carbocycles. The molecular formula is C14H29N3O2. The molecule has 0 saturated carbocycles. The summed E-state index contributed by atoms with van der Waals surface area (Å²) >= 11 is 0. The summed E-state index contributed by atoms with van der Waals surface area (Å²) in [7, 11) is 0. The first-order valence-corrected chi connectivity index (χ1v) is 7.23. The molecule has 0 radical (unpaired) electrons. The lowest BCUT2D eigenvalue weighted by molar-refractivity contribution is -0.126. The van der Waals surface area contributed by atoms with Gasteiger partial charge in [-0.1, -0.05) is 27.2 Å². The first kappa shape index (κ1) is 17.9. The van der Waals surface area contributed by atoms with Crippen molar-refractivity contribution in [1.82, 2.24) is 10.6 Å². The van der Waals surface area contributed by atoms with Crippen molar-refractivity contribution in [2.24, 2.45) is 17.6 Å². The molecule has 1 atom stereocenters. The van der Waals surface area contributed by atoms with E-state index in [2.05, 4.69) is 17.6 Å². The Kier molecular flexibility index (Phi) is 10.2. The molecule has 19 heavy (non-hydrogen) atoms. The van der Waals surface area contributed by atoms with Crippen molar-refractivity contribution in [2.75, 3.05) is 19.6 Å². The Labute approximate surface area is 116 Å². The van der Waals surface area contributed by atoms with Gasteiger partial charge in [-0.25, -0.2) is 0 Å². The van der Waals surface area contributed by atoms with E-state index in [1.807, 2.05) is 13.8 Å². The second kappa shape index (κ2) is 10.8. The summed E-state index contributed by atoms with van der Waals surface area (Å²) in [5.41, 5.74) is 5.51. The molecule has 0 aliphatic heterocycles. The number of carbonyl (C=O) groups is 2. The summed E-state index contributed by atoms with van der Waals surface area (Å²) in [5.74, 6) is 0.734. The summed E-state index contributed by atoms with van der Waals surface area (Å²) in [6.45, 7) is 7.54. The fraction of sp³-hybridized carbons (Fsp3) is 0.857. The lowest BCUT2D eigenvalue weighted by atomic mass is 9.96. The third-order valence-corrected chi connectivity index (χ3v) is 3.09. The number of carbonyl (C=O) groups excluding carboxylic acids is 2. The molecule has 0 rings (SSSR count). The van der Waals surface area contributed by atoms with Crippen molar-refractivity contribution < 1.29 is 9.59 Å². The van der Waals surface area contributed by atoms with Gasteiger partial charge in [0.2, 0.25) is 11.8 Å². The van der Waals surface area contributed by atoms with Crippen LogP contribution in [0.4, 0.5) is 0 Å². The topological polar surface area (TPSA) is 84.2 Å². The lowest BCUT2D eigenvalue weighted by Crippen LogP contribution is -2.38. The molecule has 0 aromatic carbocycles. The van der Waals surface area contributed by atoms with Gasteiger partial charge in [-0.15, -0.1) is 0 Å². The third-order valence-electron chi connectivity index (χ3n) is 3.09. The van der Waals surface area contributed by atoms with Gasteiger partial charge in [0.15, 0.2) is 0 Å². The molecule has 5 nitrogen and oxygen atoms in total. The van der Waals surface area contributed by atoms with E-state index in [0.29, 0.717) is 31.3 Å². The average Bonchev–Trinajstić information content (AvgIpc) is 2.38. The van der Waals surface area contributed by atoms with E-state index in [9.17, 15) is 9.59 Å². The minimum absolute atomic E-state index is 0.0600. The van der Waals surface area contributed by atoms with Crippen molar-refractivity contribution >= 4 is 11.8 Å². The Morgan fingerprint density at radius 1 is 1.11 bits per heavy atom. The molecular weight excluding hydrogens is 242 g/mol. The van der Waals surface area contributed by atoms with Gasteiger partial charge in [-0.2, -0.15) is 0 Å². The smallest absolute Gasteiger partial charge is 0.239 e. The van der Waals surface area contributed by atoms with Crippen LogP contribution >= 0.6 is 0 Å². The lowest BCUT2D eigenvalue weighted by Gasteiger charge is -2.13.